The molecule has 1 aromatic rings. The van der Waals surface area contributed by atoms with Gasteiger partial charge in [0.25, 0.3) is 0 Å². The Labute approximate surface area is 125 Å². The van der Waals surface area contributed by atoms with Crippen LogP contribution in [0.15, 0.2) is 22.7 Å². The fourth-order valence-corrected chi connectivity index (χ4v) is 3.59. The highest BCUT2D eigenvalue weighted by Gasteiger charge is 2.22. The lowest BCUT2D eigenvalue weighted by Crippen LogP contribution is -2.34. The molecule has 3 heteroatoms. The lowest BCUT2D eigenvalue weighted by atomic mass is 9.98. The first-order valence-corrected chi connectivity index (χ1v) is 8.00. The molecule has 1 saturated carbocycles. The van der Waals surface area contributed by atoms with Crippen molar-refractivity contribution in [3.05, 3.63) is 28.2 Å². The van der Waals surface area contributed by atoms with Crippen LogP contribution in [-0.4, -0.2) is 13.2 Å². The fraction of sp³-hybridized carbons (Fsp3) is 0.625. The molecule has 19 heavy (non-hydrogen) atoms. The van der Waals surface area contributed by atoms with Crippen molar-refractivity contribution in [2.45, 2.75) is 51.6 Å². The van der Waals surface area contributed by atoms with Gasteiger partial charge in [-0.25, -0.2) is 0 Å². The highest BCUT2D eigenvalue weighted by molar-refractivity contribution is 9.10. The lowest BCUT2D eigenvalue weighted by molar-refractivity contribution is 0.352. The third-order valence-electron chi connectivity index (χ3n) is 4.30. The predicted molar refractivity (Wildman–Crippen MR) is 83.7 cm³/mol. The summed E-state index contributed by atoms with van der Waals surface area (Å²) >= 11 is 3.56. The topological polar surface area (TPSA) is 21.3 Å². The maximum absolute atomic E-state index is 5.27. The van der Waals surface area contributed by atoms with E-state index in [4.69, 9.17) is 4.74 Å². The van der Waals surface area contributed by atoms with Crippen molar-refractivity contribution in [2.24, 2.45) is 5.92 Å². The number of methoxy groups -OCH3 is 1. The van der Waals surface area contributed by atoms with Gasteiger partial charge in [0, 0.05) is 12.1 Å². The van der Waals surface area contributed by atoms with Gasteiger partial charge in [-0.3, -0.25) is 0 Å². The minimum atomic E-state index is 0.373. The number of benzene rings is 1. The SMILES string of the molecule is COc1ccc(C(C)N[C@@H](C)C2CCCC2)cc1Br. The molecular weight excluding hydrogens is 302 g/mol. The van der Waals surface area contributed by atoms with Crippen LogP contribution in [0.2, 0.25) is 0 Å². The van der Waals surface area contributed by atoms with Gasteiger partial charge in [-0.15, -0.1) is 0 Å². The van der Waals surface area contributed by atoms with Crippen LogP contribution in [0.3, 0.4) is 0 Å². The van der Waals surface area contributed by atoms with Gasteiger partial charge in [0.2, 0.25) is 0 Å². The Bertz CT molecular complexity index is 415. The second kappa shape index (κ2) is 6.76. The van der Waals surface area contributed by atoms with Crippen LogP contribution >= 0.6 is 15.9 Å². The van der Waals surface area contributed by atoms with Crippen molar-refractivity contribution in [3.8, 4) is 5.75 Å². The van der Waals surface area contributed by atoms with Crippen molar-refractivity contribution in [3.63, 3.8) is 0 Å². The quantitative estimate of drug-likeness (QED) is 0.848. The van der Waals surface area contributed by atoms with Gasteiger partial charge in [0.15, 0.2) is 0 Å². The van der Waals surface area contributed by atoms with Crippen LogP contribution < -0.4 is 10.1 Å². The summed E-state index contributed by atoms with van der Waals surface area (Å²) in [6, 6.07) is 7.29. The molecule has 0 aliphatic heterocycles. The van der Waals surface area contributed by atoms with Crippen LogP contribution in [0.25, 0.3) is 0 Å². The maximum Gasteiger partial charge on any atom is 0.133 e. The molecule has 0 bridgehead atoms. The van der Waals surface area contributed by atoms with E-state index < -0.39 is 0 Å². The van der Waals surface area contributed by atoms with Gasteiger partial charge in [-0.2, -0.15) is 0 Å². The van der Waals surface area contributed by atoms with Crippen LogP contribution in [0.1, 0.15) is 51.1 Å². The zero-order chi connectivity index (χ0) is 13.8. The van der Waals surface area contributed by atoms with Crippen LogP contribution in [-0.2, 0) is 0 Å². The molecule has 1 N–H and O–H groups in total. The average molecular weight is 326 g/mol. The Hall–Kier alpha value is -0.540. The Morgan fingerprint density at radius 2 is 1.95 bits per heavy atom. The van der Waals surface area contributed by atoms with E-state index in [9.17, 15) is 0 Å². The molecular formula is C16H24BrNO. The Balaban J connectivity index is 1.98. The third-order valence-corrected chi connectivity index (χ3v) is 4.92. The Morgan fingerprint density at radius 1 is 1.26 bits per heavy atom. The molecule has 1 unspecified atom stereocenters. The molecule has 0 spiro atoms. The summed E-state index contributed by atoms with van der Waals surface area (Å²) < 4.78 is 6.30. The average Bonchev–Trinajstić information content (AvgIpc) is 2.92. The maximum atomic E-state index is 5.27. The fourth-order valence-electron chi connectivity index (χ4n) is 3.04. The first-order valence-electron chi connectivity index (χ1n) is 7.21. The largest absolute Gasteiger partial charge is 0.496 e. The molecule has 0 radical (unpaired) electrons. The number of halogens is 1. The number of hydrogen-bond donors (Lipinski definition) is 1. The molecule has 1 fully saturated rings. The molecule has 1 aromatic carbocycles. The summed E-state index contributed by atoms with van der Waals surface area (Å²) in [5.74, 6) is 1.74. The van der Waals surface area contributed by atoms with Gasteiger partial charge in [0.05, 0.1) is 11.6 Å². The van der Waals surface area contributed by atoms with E-state index in [0.29, 0.717) is 12.1 Å². The van der Waals surface area contributed by atoms with Gasteiger partial charge < -0.3 is 10.1 Å². The van der Waals surface area contributed by atoms with Crippen LogP contribution in [0.4, 0.5) is 0 Å². The van der Waals surface area contributed by atoms with Gasteiger partial charge >= 0.3 is 0 Å². The van der Waals surface area contributed by atoms with E-state index >= 15 is 0 Å². The van der Waals surface area contributed by atoms with E-state index in [1.54, 1.807) is 7.11 Å². The number of nitrogens with one attached hydrogen (secondary N) is 1. The van der Waals surface area contributed by atoms with E-state index in [2.05, 4.69) is 47.2 Å². The second-order valence-electron chi connectivity index (χ2n) is 5.62. The van der Waals surface area contributed by atoms with Crippen molar-refractivity contribution >= 4 is 15.9 Å². The molecule has 2 nitrogen and oxygen atoms in total. The summed E-state index contributed by atoms with van der Waals surface area (Å²) in [7, 11) is 1.70. The Kier molecular flexibility index (Phi) is 5.28. The van der Waals surface area contributed by atoms with Gasteiger partial charge in [0.1, 0.15) is 5.75 Å². The minimum Gasteiger partial charge on any atom is -0.496 e. The molecule has 0 amide bonds. The minimum absolute atomic E-state index is 0.373. The van der Waals surface area contributed by atoms with Crippen LogP contribution in [0.5, 0.6) is 5.75 Å². The summed E-state index contributed by atoms with van der Waals surface area (Å²) in [5.41, 5.74) is 1.30. The number of ether oxygens (including phenoxy) is 1. The molecule has 1 aliphatic carbocycles. The monoisotopic (exact) mass is 325 g/mol. The van der Waals surface area contributed by atoms with E-state index in [0.717, 1.165) is 16.1 Å². The molecule has 106 valence electrons. The first-order chi connectivity index (χ1) is 9.11. The van der Waals surface area contributed by atoms with Gasteiger partial charge in [-0.05, 0) is 66.2 Å². The number of hydrogen-bond acceptors (Lipinski definition) is 2. The summed E-state index contributed by atoms with van der Waals surface area (Å²) in [5, 5.41) is 3.74. The third kappa shape index (κ3) is 3.73. The highest BCUT2D eigenvalue weighted by atomic mass is 79.9. The molecule has 0 heterocycles. The second-order valence-corrected chi connectivity index (χ2v) is 6.47. The zero-order valence-electron chi connectivity index (χ0n) is 12.1. The summed E-state index contributed by atoms with van der Waals surface area (Å²) in [6.45, 7) is 4.56. The summed E-state index contributed by atoms with van der Waals surface area (Å²) in [6.07, 6.45) is 5.57. The molecule has 0 aromatic heterocycles. The molecule has 2 rings (SSSR count). The molecule has 1 aliphatic rings. The standard InChI is InChI=1S/C16H24BrNO/c1-11(13-6-4-5-7-13)18-12(2)14-8-9-16(19-3)15(17)10-14/h8-13,18H,4-7H2,1-3H3/t11-,12?/m0/s1. The van der Waals surface area contributed by atoms with Crippen molar-refractivity contribution in [2.75, 3.05) is 7.11 Å². The van der Waals surface area contributed by atoms with E-state index in [1.165, 1.54) is 31.2 Å². The van der Waals surface area contributed by atoms with E-state index in [-0.39, 0.29) is 0 Å². The summed E-state index contributed by atoms with van der Waals surface area (Å²) in [4.78, 5) is 0. The molecule has 2 atom stereocenters. The van der Waals surface area contributed by atoms with Crippen molar-refractivity contribution in [1.29, 1.82) is 0 Å². The molecule has 0 saturated heterocycles. The van der Waals surface area contributed by atoms with Crippen molar-refractivity contribution < 1.29 is 4.74 Å². The van der Waals surface area contributed by atoms with Crippen molar-refractivity contribution in [1.82, 2.24) is 5.32 Å². The van der Waals surface area contributed by atoms with Crippen LogP contribution in [0, 0.1) is 5.92 Å². The Morgan fingerprint density at radius 3 is 2.53 bits per heavy atom. The number of rotatable bonds is 5. The zero-order valence-corrected chi connectivity index (χ0v) is 13.7. The first kappa shape index (κ1) is 14.9. The normalized spacial score (nSPS) is 19.4. The van der Waals surface area contributed by atoms with E-state index in [1.807, 2.05) is 6.07 Å². The lowest BCUT2D eigenvalue weighted by Gasteiger charge is -2.25. The predicted octanol–water partition coefficient (Wildman–Crippen LogP) is 4.69. The van der Waals surface area contributed by atoms with Gasteiger partial charge in [-0.1, -0.05) is 18.9 Å². The smallest absolute Gasteiger partial charge is 0.133 e. The highest BCUT2D eigenvalue weighted by Crippen LogP contribution is 2.31.